The fraction of sp³-hybridized carbons (Fsp3) is 0.417. The molecule has 5 heteroatoms. The van der Waals surface area contributed by atoms with E-state index in [1.165, 1.54) is 23.9 Å². The smallest absolute Gasteiger partial charge is 0.230 e. The molecule has 2 N–H and O–H groups in total. The SMILES string of the molecule is O=C(CSc1ccc(F)cc1)NCC1CNC1. The summed E-state index contributed by atoms with van der Waals surface area (Å²) in [6.07, 6.45) is 0. The van der Waals surface area contributed by atoms with Crippen LogP contribution in [0.1, 0.15) is 0 Å². The van der Waals surface area contributed by atoms with Gasteiger partial charge in [-0.25, -0.2) is 4.39 Å². The Hall–Kier alpha value is -1.07. The summed E-state index contributed by atoms with van der Waals surface area (Å²) in [5.74, 6) is 0.739. The van der Waals surface area contributed by atoms with Crippen molar-refractivity contribution in [1.29, 1.82) is 0 Å². The van der Waals surface area contributed by atoms with Crippen LogP contribution in [0.4, 0.5) is 4.39 Å². The lowest BCUT2D eigenvalue weighted by Crippen LogP contribution is -2.48. The van der Waals surface area contributed by atoms with Crippen molar-refractivity contribution >= 4 is 17.7 Å². The standard InChI is InChI=1S/C12H15FN2OS/c13-10-1-3-11(4-2-10)17-8-12(16)15-7-9-5-14-6-9/h1-4,9,14H,5-8H2,(H,15,16). The maximum absolute atomic E-state index is 12.6. The molecule has 1 heterocycles. The molecule has 17 heavy (non-hydrogen) atoms. The van der Waals surface area contributed by atoms with Crippen LogP contribution in [0, 0.1) is 11.7 Å². The minimum atomic E-state index is -0.253. The molecule has 0 aliphatic carbocycles. The van der Waals surface area contributed by atoms with Gasteiger partial charge in [-0.1, -0.05) is 0 Å². The van der Waals surface area contributed by atoms with Crippen molar-refractivity contribution < 1.29 is 9.18 Å². The fourth-order valence-electron chi connectivity index (χ4n) is 1.48. The van der Waals surface area contributed by atoms with E-state index in [1.807, 2.05) is 0 Å². The van der Waals surface area contributed by atoms with Gasteiger partial charge in [0.1, 0.15) is 5.82 Å². The van der Waals surface area contributed by atoms with E-state index in [4.69, 9.17) is 0 Å². The quantitative estimate of drug-likeness (QED) is 0.777. The van der Waals surface area contributed by atoms with Gasteiger partial charge in [-0.3, -0.25) is 4.79 Å². The molecule has 0 radical (unpaired) electrons. The van der Waals surface area contributed by atoms with Gasteiger partial charge in [-0.15, -0.1) is 11.8 Å². The van der Waals surface area contributed by atoms with E-state index >= 15 is 0 Å². The van der Waals surface area contributed by atoms with Gasteiger partial charge in [0.2, 0.25) is 5.91 Å². The van der Waals surface area contributed by atoms with E-state index in [-0.39, 0.29) is 11.7 Å². The van der Waals surface area contributed by atoms with Crippen LogP contribution >= 0.6 is 11.8 Å². The zero-order valence-corrected chi connectivity index (χ0v) is 10.2. The first-order chi connectivity index (χ1) is 8.24. The topological polar surface area (TPSA) is 41.1 Å². The first kappa shape index (κ1) is 12.4. The molecule has 1 aliphatic heterocycles. The van der Waals surface area contributed by atoms with Crippen molar-refractivity contribution in [2.45, 2.75) is 4.90 Å². The van der Waals surface area contributed by atoms with Gasteiger partial charge in [0, 0.05) is 30.4 Å². The van der Waals surface area contributed by atoms with Gasteiger partial charge in [0.05, 0.1) is 5.75 Å². The summed E-state index contributed by atoms with van der Waals surface area (Å²) in [6.45, 7) is 2.73. The molecule has 3 nitrogen and oxygen atoms in total. The Bertz CT molecular complexity index is 379. The molecule has 0 spiro atoms. The first-order valence-electron chi connectivity index (χ1n) is 5.60. The number of rotatable bonds is 5. The average Bonchev–Trinajstić information content (AvgIpc) is 2.26. The van der Waals surface area contributed by atoms with Crippen molar-refractivity contribution in [2.75, 3.05) is 25.4 Å². The minimum Gasteiger partial charge on any atom is -0.355 e. The molecule has 0 atom stereocenters. The van der Waals surface area contributed by atoms with Crippen molar-refractivity contribution in [1.82, 2.24) is 10.6 Å². The Morgan fingerprint density at radius 1 is 1.41 bits per heavy atom. The number of hydrogen-bond donors (Lipinski definition) is 2. The van der Waals surface area contributed by atoms with Gasteiger partial charge in [0.25, 0.3) is 0 Å². The maximum atomic E-state index is 12.6. The molecule has 0 aromatic heterocycles. The monoisotopic (exact) mass is 254 g/mol. The molecule has 1 aromatic carbocycles. The summed E-state index contributed by atoms with van der Waals surface area (Å²) < 4.78 is 12.6. The number of amides is 1. The van der Waals surface area contributed by atoms with Gasteiger partial charge in [-0.2, -0.15) is 0 Å². The van der Waals surface area contributed by atoms with E-state index in [0.29, 0.717) is 11.7 Å². The molecular formula is C12H15FN2OS. The summed E-state index contributed by atoms with van der Waals surface area (Å²) in [5, 5.41) is 6.05. The first-order valence-corrected chi connectivity index (χ1v) is 6.58. The number of benzene rings is 1. The summed E-state index contributed by atoms with van der Waals surface area (Å²) in [7, 11) is 0. The molecule has 2 rings (SSSR count). The third-order valence-corrected chi connectivity index (χ3v) is 3.65. The average molecular weight is 254 g/mol. The summed E-state index contributed by atoms with van der Waals surface area (Å²) in [5.41, 5.74) is 0. The van der Waals surface area contributed by atoms with E-state index in [9.17, 15) is 9.18 Å². The Morgan fingerprint density at radius 3 is 2.71 bits per heavy atom. The van der Waals surface area contributed by atoms with E-state index in [2.05, 4.69) is 10.6 Å². The molecule has 1 aromatic rings. The highest BCUT2D eigenvalue weighted by molar-refractivity contribution is 8.00. The van der Waals surface area contributed by atoms with Crippen LogP contribution in [0.5, 0.6) is 0 Å². The minimum absolute atomic E-state index is 0.0335. The van der Waals surface area contributed by atoms with Crippen molar-refractivity contribution in [3.63, 3.8) is 0 Å². The fourth-order valence-corrected chi connectivity index (χ4v) is 2.21. The zero-order chi connectivity index (χ0) is 12.1. The number of carbonyl (C=O) groups is 1. The number of hydrogen-bond acceptors (Lipinski definition) is 3. The molecule has 0 unspecified atom stereocenters. The molecular weight excluding hydrogens is 239 g/mol. The van der Waals surface area contributed by atoms with Gasteiger partial charge in [-0.05, 0) is 24.3 Å². The highest BCUT2D eigenvalue weighted by Gasteiger charge is 2.16. The Balaban J connectivity index is 1.66. The van der Waals surface area contributed by atoms with E-state index < -0.39 is 0 Å². The Morgan fingerprint density at radius 2 is 2.12 bits per heavy atom. The van der Waals surface area contributed by atoms with Crippen LogP contribution in [-0.4, -0.2) is 31.3 Å². The predicted octanol–water partition coefficient (Wildman–Crippen LogP) is 1.25. The lowest BCUT2D eigenvalue weighted by molar-refractivity contribution is -0.118. The largest absolute Gasteiger partial charge is 0.355 e. The Kier molecular flexibility index (Phi) is 4.39. The highest BCUT2D eigenvalue weighted by Crippen LogP contribution is 2.17. The second kappa shape index (κ2) is 6.02. The molecule has 1 amide bonds. The normalized spacial score (nSPS) is 15.4. The van der Waals surface area contributed by atoms with Crippen LogP contribution in [0.3, 0.4) is 0 Å². The molecule has 0 bridgehead atoms. The zero-order valence-electron chi connectivity index (χ0n) is 9.41. The third kappa shape index (κ3) is 4.02. The van der Waals surface area contributed by atoms with Crippen molar-refractivity contribution in [3.8, 4) is 0 Å². The lowest BCUT2D eigenvalue weighted by atomic mass is 10.0. The summed E-state index contributed by atoms with van der Waals surface area (Å²) in [6, 6.07) is 6.17. The highest BCUT2D eigenvalue weighted by atomic mass is 32.2. The third-order valence-electron chi connectivity index (χ3n) is 2.64. The lowest BCUT2D eigenvalue weighted by Gasteiger charge is -2.27. The van der Waals surface area contributed by atoms with Crippen molar-refractivity contribution in [3.05, 3.63) is 30.1 Å². The van der Waals surface area contributed by atoms with Gasteiger partial charge >= 0.3 is 0 Å². The summed E-state index contributed by atoms with van der Waals surface area (Å²) in [4.78, 5) is 12.4. The second-order valence-electron chi connectivity index (χ2n) is 4.07. The van der Waals surface area contributed by atoms with Crippen LogP contribution in [0.15, 0.2) is 29.2 Å². The van der Waals surface area contributed by atoms with E-state index in [0.717, 1.165) is 24.5 Å². The van der Waals surface area contributed by atoms with Crippen LogP contribution in [0.2, 0.25) is 0 Å². The second-order valence-corrected chi connectivity index (χ2v) is 5.12. The molecule has 92 valence electrons. The predicted molar refractivity (Wildman–Crippen MR) is 66.5 cm³/mol. The number of halogens is 1. The maximum Gasteiger partial charge on any atom is 0.230 e. The van der Waals surface area contributed by atoms with Crippen LogP contribution < -0.4 is 10.6 Å². The molecule has 1 saturated heterocycles. The van der Waals surface area contributed by atoms with Gasteiger partial charge in [0.15, 0.2) is 0 Å². The molecule has 0 saturated carbocycles. The number of nitrogens with one attached hydrogen (secondary N) is 2. The van der Waals surface area contributed by atoms with Crippen molar-refractivity contribution in [2.24, 2.45) is 5.92 Å². The molecule has 1 aliphatic rings. The number of carbonyl (C=O) groups excluding carboxylic acids is 1. The van der Waals surface area contributed by atoms with E-state index in [1.54, 1.807) is 12.1 Å². The van der Waals surface area contributed by atoms with Crippen LogP contribution in [0.25, 0.3) is 0 Å². The number of thioether (sulfide) groups is 1. The summed E-state index contributed by atoms with van der Waals surface area (Å²) >= 11 is 1.42. The van der Waals surface area contributed by atoms with Gasteiger partial charge < -0.3 is 10.6 Å². The van der Waals surface area contributed by atoms with Crippen LogP contribution in [-0.2, 0) is 4.79 Å². The Labute approximate surface area is 104 Å². The molecule has 1 fully saturated rings.